The predicted molar refractivity (Wildman–Crippen MR) is 35.5 cm³/mol. The van der Waals surface area contributed by atoms with E-state index in [4.69, 9.17) is 5.21 Å². The minimum Gasteiger partial charge on any atom is -0.319 e. The molecule has 0 bridgehead atoms. The van der Waals surface area contributed by atoms with Crippen LogP contribution in [0.25, 0.3) is 0 Å². The Balaban J connectivity index is 2.43. The number of carbonyl (C=O) groups is 1. The summed E-state index contributed by atoms with van der Waals surface area (Å²) in [5.41, 5.74) is 1.37. The Hall–Kier alpha value is -0.610. The minimum absolute atomic E-state index is 0.262. The Morgan fingerprint density at radius 1 is 1.70 bits per heavy atom. The molecule has 58 valence electrons. The van der Waals surface area contributed by atoms with Crippen molar-refractivity contribution in [1.29, 1.82) is 0 Å². The van der Waals surface area contributed by atoms with Gasteiger partial charge in [0.1, 0.15) is 0 Å². The predicted octanol–water partition coefficient (Wildman–Crippen LogP) is -0.509. The highest BCUT2D eigenvalue weighted by Crippen LogP contribution is 2.44. The zero-order chi connectivity index (χ0) is 7.61. The highest BCUT2D eigenvalue weighted by molar-refractivity contribution is 5.84. The van der Waals surface area contributed by atoms with E-state index in [1.807, 2.05) is 0 Å². The first-order chi connectivity index (χ1) is 4.75. The van der Waals surface area contributed by atoms with Gasteiger partial charge in [0.15, 0.2) is 0 Å². The van der Waals surface area contributed by atoms with E-state index in [2.05, 4.69) is 5.32 Å². The van der Waals surface area contributed by atoms with Gasteiger partial charge in [-0.3, -0.25) is 10.0 Å². The van der Waals surface area contributed by atoms with E-state index in [1.54, 1.807) is 12.5 Å². The highest BCUT2D eigenvalue weighted by atomic mass is 16.5. The van der Waals surface area contributed by atoms with Crippen molar-refractivity contribution in [3.8, 4) is 0 Å². The van der Waals surface area contributed by atoms with Crippen LogP contribution >= 0.6 is 0 Å². The van der Waals surface area contributed by atoms with E-state index in [-0.39, 0.29) is 11.3 Å². The zero-order valence-corrected chi connectivity index (χ0v) is 5.98. The van der Waals surface area contributed by atoms with Gasteiger partial charge < -0.3 is 5.32 Å². The summed E-state index contributed by atoms with van der Waals surface area (Å²) in [6.07, 6.45) is 1.75. The normalized spacial score (nSPS) is 20.2. The number of nitrogens with one attached hydrogen (secondary N) is 2. The van der Waals surface area contributed by atoms with Gasteiger partial charge in [-0.1, -0.05) is 0 Å². The number of hydrogen-bond donors (Lipinski definition) is 3. The van der Waals surface area contributed by atoms with E-state index in [0.717, 1.165) is 12.8 Å². The van der Waals surface area contributed by atoms with Crippen LogP contribution in [-0.2, 0) is 4.79 Å². The number of hydroxylamine groups is 1. The van der Waals surface area contributed by atoms with Gasteiger partial charge in [-0.05, 0) is 19.9 Å². The summed E-state index contributed by atoms with van der Waals surface area (Å²) in [6, 6.07) is 0. The summed E-state index contributed by atoms with van der Waals surface area (Å²) in [7, 11) is 1.80. The summed E-state index contributed by atoms with van der Waals surface area (Å²) in [5, 5.41) is 11.2. The smallest absolute Gasteiger partial charge is 0.250 e. The van der Waals surface area contributed by atoms with Gasteiger partial charge >= 0.3 is 0 Å². The van der Waals surface area contributed by atoms with Crippen LogP contribution in [0, 0.1) is 5.41 Å². The maximum Gasteiger partial charge on any atom is 0.250 e. The third kappa shape index (κ3) is 1.12. The highest BCUT2D eigenvalue weighted by Gasteiger charge is 2.49. The molecule has 0 unspecified atom stereocenters. The van der Waals surface area contributed by atoms with E-state index < -0.39 is 0 Å². The van der Waals surface area contributed by atoms with Gasteiger partial charge in [0.2, 0.25) is 0 Å². The fourth-order valence-corrected chi connectivity index (χ4v) is 1.09. The van der Waals surface area contributed by atoms with Gasteiger partial charge in [0.25, 0.3) is 5.91 Å². The third-order valence-corrected chi connectivity index (χ3v) is 1.95. The van der Waals surface area contributed by atoms with Crippen LogP contribution in [-0.4, -0.2) is 24.7 Å². The molecule has 3 N–H and O–H groups in total. The molecule has 0 aromatic heterocycles. The number of amides is 1. The van der Waals surface area contributed by atoms with Gasteiger partial charge in [-0.25, -0.2) is 5.48 Å². The van der Waals surface area contributed by atoms with Crippen molar-refractivity contribution in [3.05, 3.63) is 0 Å². The van der Waals surface area contributed by atoms with Crippen LogP contribution in [0.3, 0.4) is 0 Å². The van der Waals surface area contributed by atoms with Crippen molar-refractivity contribution in [3.63, 3.8) is 0 Å². The standard InChI is InChI=1S/C6H12N2O2/c1-7-4-6(2-3-6)5(9)8-10/h7,10H,2-4H2,1H3,(H,8,9). The molecule has 0 aromatic carbocycles. The van der Waals surface area contributed by atoms with Crippen LogP contribution in [0.2, 0.25) is 0 Å². The zero-order valence-electron chi connectivity index (χ0n) is 5.98. The average molecular weight is 144 g/mol. The molecule has 1 rings (SSSR count). The molecule has 1 saturated carbocycles. The summed E-state index contributed by atoms with van der Waals surface area (Å²) in [4.78, 5) is 10.9. The Morgan fingerprint density at radius 2 is 2.30 bits per heavy atom. The molecule has 10 heavy (non-hydrogen) atoms. The second-order valence-corrected chi connectivity index (χ2v) is 2.75. The molecule has 1 amide bonds. The molecule has 0 atom stereocenters. The topological polar surface area (TPSA) is 61.4 Å². The fraction of sp³-hybridized carbons (Fsp3) is 0.833. The second kappa shape index (κ2) is 2.56. The van der Waals surface area contributed by atoms with Crippen molar-refractivity contribution in [1.82, 2.24) is 10.8 Å². The second-order valence-electron chi connectivity index (χ2n) is 2.75. The number of hydrogen-bond acceptors (Lipinski definition) is 3. The monoisotopic (exact) mass is 144 g/mol. The Morgan fingerprint density at radius 3 is 2.60 bits per heavy atom. The Kier molecular flexibility index (Phi) is 1.92. The molecule has 0 aliphatic heterocycles. The lowest BCUT2D eigenvalue weighted by atomic mass is 10.1. The molecule has 4 heteroatoms. The first kappa shape index (κ1) is 7.50. The molecule has 0 heterocycles. The van der Waals surface area contributed by atoms with Crippen molar-refractivity contribution >= 4 is 5.91 Å². The van der Waals surface area contributed by atoms with Crippen LogP contribution in [0.4, 0.5) is 0 Å². The van der Waals surface area contributed by atoms with Gasteiger partial charge in [0.05, 0.1) is 5.41 Å². The lowest BCUT2D eigenvalue weighted by Crippen LogP contribution is -2.35. The summed E-state index contributed by atoms with van der Waals surface area (Å²) >= 11 is 0. The number of carbonyl (C=O) groups excluding carboxylic acids is 1. The molecule has 0 spiro atoms. The fourth-order valence-electron chi connectivity index (χ4n) is 1.09. The van der Waals surface area contributed by atoms with Crippen LogP contribution in [0.5, 0.6) is 0 Å². The molecule has 1 fully saturated rings. The van der Waals surface area contributed by atoms with Crippen molar-refractivity contribution in [2.45, 2.75) is 12.8 Å². The van der Waals surface area contributed by atoms with Crippen molar-refractivity contribution in [2.24, 2.45) is 5.41 Å². The lowest BCUT2D eigenvalue weighted by Gasteiger charge is -2.10. The quantitative estimate of drug-likeness (QED) is 0.369. The van der Waals surface area contributed by atoms with Crippen molar-refractivity contribution in [2.75, 3.05) is 13.6 Å². The van der Waals surface area contributed by atoms with Crippen molar-refractivity contribution < 1.29 is 10.0 Å². The van der Waals surface area contributed by atoms with E-state index in [0.29, 0.717) is 6.54 Å². The van der Waals surface area contributed by atoms with Crippen LogP contribution < -0.4 is 10.8 Å². The van der Waals surface area contributed by atoms with Gasteiger partial charge in [-0.2, -0.15) is 0 Å². The van der Waals surface area contributed by atoms with E-state index in [9.17, 15) is 4.79 Å². The minimum atomic E-state index is -0.302. The first-order valence-electron chi connectivity index (χ1n) is 3.34. The Labute approximate surface area is 59.6 Å². The third-order valence-electron chi connectivity index (χ3n) is 1.95. The molecule has 1 aliphatic rings. The maximum absolute atomic E-state index is 10.9. The average Bonchev–Trinajstić information content (AvgIpc) is 2.69. The van der Waals surface area contributed by atoms with E-state index in [1.165, 1.54) is 0 Å². The maximum atomic E-state index is 10.9. The first-order valence-corrected chi connectivity index (χ1v) is 3.34. The molecular formula is C6H12N2O2. The molecule has 4 nitrogen and oxygen atoms in total. The molecular weight excluding hydrogens is 132 g/mol. The largest absolute Gasteiger partial charge is 0.319 e. The van der Waals surface area contributed by atoms with Gasteiger partial charge in [-0.15, -0.1) is 0 Å². The molecule has 1 aliphatic carbocycles. The van der Waals surface area contributed by atoms with Gasteiger partial charge in [0, 0.05) is 6.54 Å². The summed E-state index contributed by atoms with van der Waals surface area (Å²) in [5.74, 6) is -0.262. The summed E-state index contributed by atoms with van der Waals surface area (Å²) < 4.78 is 0. The summed E-state index contributed by atoms with van der Waals surface area (Å²) in [6.45, 7) is 0.652. The molecule has 0 aromatic rings. The SMILES string of the molecule is CNCC1(C(=O)NO)CC1. The van der Waals surface area contributed by atoms with E-state index >= 15 is 0 Å². The molecule has 0 saturated heterocycles. The van der Waals surface area contributed by atoms with Crippen LogP contribution in [0.15, 0.2) is 0 Å². The Bertz CT molecular complexity index is 143. The lowest BCUT2D eigenvalue weighted by molar-refractivity contribution is -0.134. The molecule has 0 radical (unpaired) electrons. The number of rotatable bonds is 3. The van der Waals surface area contributed by atoms with Crippen LogP contribution in [0.1, 0.15) is 12.8 Å².